The summed E-state index contributed by atoms with van der Waals surface area (Å²) in [6, 6.07) is 7.66. The van der Waals surface area contributed by atoms with Crippen molar-refractivity contribution in [1.82, 2.24) is 5.32 Å². The molecule has 0 atom stereocenters. The van der Waals surface area contributed by atoms with Crippen molar-refractivity contribution in [1.29, 1.82) is 0 Å². The van der Waals surface area contributed by atoms with E-state index < -0.39 is 5.97 Å². The van der Waals surface area contributed by atoms with Gasteiger partial charge in [0.1, 0.15) is 10.6 Å². The second kappa shape index (κ2) is 6.17. The third kappa shape index (κ3) is 3.28. The maximum atomic E-state index is 10.8. The molecule has 3 rings (SSSR count). The highest BCUT2D eigenvalue weighted by Gasteiger charge is 2.17. The highest BCUT2D eigenvalue weighted by Crippen LogP contribution is 2.33. The molecule has 1 aromatic carbocycles. The van der Waals surface area contributed by atoms with Crippen molar-refractivity contribution in [2.24, 2.45) is 0 Å². The van der Waals surface area contributed by atoms with Crippen LogP contribution in [0.4, 0.5) is 0 Å². The van der Waals surface area contributed by atoms with Gasteiger partial charge in [-0.25, -0.2) is 4.79 Å². The lowest BCUT2D eigenvalue weighted by molar-refractivity contribution is 0.0702. The van der Waals surface area contributed by atoms with Crippen LogP contribution in [-0.4, -0.2) is 17.7 Å². The Kier molecular flexibility index (Phi) is 4.28. The zero-order valence-electron chi connectivity index (χ0n) is 11.2. The number of hydrogen-bond acceptors (Lipinski definition) is 4. The van der Waals surface area contributed by atoms with E-state index in [2.05, 4.69) is 33.4 Å². The van der Waals surface area contributed by atoms with E-state index in [0.717, 1.165) is 33.7 Å². The number of benzene rings is 1. The van der Waals surface area contributed by atoms with Crippen molar-refractivity contribution in [2.75, 3.05) is 6.61 Å². The second-order valence-electron chi connectivity index (χ2n) is 4.83. The van der Waals surface area contributed by atoms with E-state index in [0.29, 0.717) is 18.0 Å². The van der Waals surface area contributed by atoms with Gasteiger partial charge in [-0.2, -0.15) is 0 Å². The molecule has 110 valence electrons. The van der Waals surface area contributed by atoms with Crippen LogP contribution in [0.5, 0.6) is 5.75 Å². The van der Waals surface area contributed by atoms with Crippen LogP contribution in [0.2, 0.25) is 0 Å². The van der Waals surface area contributed by atoms with Gasteiger partial charge in [-0.1, -0.05) is 15.9 Å². The predicted molar refractivity (Wildman–Crippen MR) is 85.2 cm³/mol. The molecule has 0 aliphatic carbocycles. The first-order valence-electron chi connectivity index (χ1n) is 6.60. The number of aromatic carboxylic acids is 1. The van der Waals surface area contributed by atoms with Crippen LogP contribution in [0, 0.1) is 0 Å². The lowest BCUT2D eigenvalue weighted by atomic mass is 10.1. The van der Waals surface area contributed by atoms with Gasteiger partial charge in [0, 0.05) is 34.4 Å². The van der Waals surface area contributed by atoms with E-state index in [1.807, 2.05) is 6.07 Å². The van der Waals surface area contributed by atoms with E-state index in [1.165, 1.54) is 16.9 Å². The molecule has 0 spiro atoms. The molecule has 0 amide bonds. The van der Waals surface area contributed by atoms with E-state index in [1.54, 1.807) is 6.07 Å². The lowest BCUT2D eigenvalue weighted by Crippen LogP contribution is -2.12. The molecular weight excluding hydrogens is 354 g/mol. The second-order valence-corrected chi connectivity index (χ2v) is 6.91. The molecule has 2 aromatic rings. The molecule has 0 fully saturated rings. The summed E-state index contributed by atoms with van der Waals surface area (Å²) in [4.78, 5) is 12.2. The summed E-state index contributed by atoms with van der Waals surface area (Å²) >= 11 is 4.83. The summed E-state index contributed by atoms with van der Waals surface area (Å²) in [6.07, 6.45) is 0.953. The van der Waals surface area contributed by atoms with Crippen LogP contribution in [0.1, 0.15) is 25.7 Å². The van der Waals surface area contributed by atoms with Crippen LogP contribution < -0.4 is 10.1 Å². The van der Waals surface area contributed by atoms with Gasteiger partial charge in [0.25, 0.3) is 0 Å². The van der Waals surface area contributed by atoms with Crippen molar-refractivity contribution in [3.8, 4) is 5.75 Å². The first-order chi connectivity index (χ1) is 10.1. The highest BCUT2D eigenvalue weighted by molar-refractivity contribution is 9.10. The van der Waals surface area contributed by atoms with E-state index >= 15 is 0 Å². The van der Waals surface area contributed by atoms with Crippen LogP contribution >= 0.6 is 27.3 Å². The third-order valence-electron chi connectivity index (χ3n) is 3.31. The number of rotatable bonds is 5. The lowest BCUT2D eigenvalue weighted by Gasteiger charge is -2.09. The summed E-state index contributed by atoms with van der Waals surface area (Å²) in [5, 5.41) is 12.2. The van der Waals surface area contributed by atoms with E-state index in [9.17, 15) is 4.79 Å². The first kappa shape index (κ1) is 14.6. The molecule has 1 aromatic heterocycles. The fourth-order valence-corrected chi connectivity index (χ4v) is 3.75. The highest BCUT2D eigenvalue weighted by atomic mass is 79.9. The zero-order valence-corrected chi connectivity index (χ0v) is 13.6. The molecule has 4 nitrogen and oxygen atoms in total. The summed E-state index contributed by atoms with van der Waals surface area (Å²) in [5.74, 6) is 0.118. The number of ether oxygens (including phenoxy) is 1. The van der Waals surface area contributed by atoms with Gasteiger partial charge in [-0.3, -0.25) is 0 Å². The Morgan fingerprint density at radius 1 is 1.38 bits per heavy atom. The van der Waals surface area contributed by atoms with Crippen molar-refractivity contribution in [2.45, 2.75) is 19.5 Å². The topological polar surface area (TPSA) is 58.6 Å². The first-order valence-corrected chi connectivity index (χ1v) is 8.21. The zero-order chi connectivity index (χ0) is 14.8. The number of thiophene rings is 1. The van der Waals surface area contributed by atoms with Crippen molar-refractivity contribution < 1.29 is 14.6 Å². The Hall–Kier alpha value is -1.37. The number of fused-ring (bicyclic) bond motifs is 1. The largest absolute Gasteiger partial charge is 0.493 e. The monoisotopic (exact) mass is 367 g/mol. The molecule has 2 N–H and O–H groups in total. The van der Waals surface area contributed by atoms with Gasteiger partial charge < -0.3 is 15.2 Å². The molecule has 0 unspecified atom stereocenters. The van der Waals surface area contributed by atoms with Gasteiger partial charge in [-0.05, 0) is 29.8 Å². The van der Waals surface area contributed by atoms with E-state index in [-0.39, 0.29) is 0 Å². The Bertz CT molecular complexity index is 684. The average molecular weight is 368 g/mol. The number of halogens is 1. The summed E-state index contributed by atoms with van der Waals surface area (Å²) < 4.78 is 6.75. The number of hydrogen-bond donors (Lipinski definition) is 2. The van der Waals surface area contributed by atoms with Gasteiger partial charge in [-0.15, -0.1) is 11.3 Å². The van der Waals surface area contributed by atoms with Crippen LogP contribution in [-0.2, 0) is 19.5 Å². The van der Waals surface area contributed by atoms with Gasteiger partial charge in [0.2, 0.25) is 0 Å². The Morgan fingerprint density at radius 2 is 2.24 bits per heavy atom. The maximum absolute atomic E-state index is 10.8. The molecule has 0 bridgehead atoms. The number of nitrogens with one attached hydrogen (secondary N) is 1. The van der Waals surface area contributed by atoms with Crippen molar-refractivity contribution in [3.05, 3.63) is 49.6 Å². The summed E-state index contributed by atoms with van der Waals surface area (Å²) in [6.45, 7) is 2.09. The van der Waals surface area contributed by atoms with Gasteiger partial charge >= 0.3 is 5.97 Å². The van der Waals surface area contributed by atoms with Crippen molar-refractivity contribution >= 4 is 33.2 Å². The maximum Gasteiger partial charge on any atom is 0.345 e. The molecule has 1 aliphatic heterocycles. The molecule has 1 aliphatic rings. The molecule has 21 heavy (non-hydrogen) atoms. The molecule has 0 radical (unpaired) electrons. The van der Waals surface area contributed by atoms with Crippen LogP contribution in [0.3, 0.4) is 0 Å². The fourth-order valence-electron chi connectivity index (χ4n) is 2.39. The number of carbonyl (C=O) groups is 1. The fraction of sp³-hybridized carbons (Fsp3) is 0.267. The quantitative estimate of drug-likeness (QED) is 0.849. The Morgan fingerprint density at radius 3 is 3.00 bits per heavy atom. The molecule has 0 saturated heterocycles. The third-order valence-corrected chi connectivity index (χ3v) is 4.84. The van der Waals surface area contributed by atoms with Crippen LogP contribution in [0.15, 0.2) is 28.7 Å². The Balaban J connectivity index is 1.64. The standard InChI is InChI=1S/C15H14BrNO3S/c16-11-5-9-3-4-20-14(9)10(6-11)7-17-8-12-1-2-13(21-12)15(18)19/h1-2,5-6,17H,3-4,7-8H2,(H,18,19). The minimum absolute atomic E-state index is 0.374. The van der Waals surface area contributed by atoms with E-state index in [4.69, 9.17) is 9.84 Å². The normalized spacial score (nSPS) is 13.0. The van der Waals surface area contributed by atoms with Gasteiger partial charge in [0.05, 0.1) is 6.61 Å². The molecule has 6 heteroatoms. The minimum Gasteiger partial charge on any atom is -0.493 e. The summed E-state index contributed by atoms with van der Waals surface area (Å²) in [7, 11) is 0. The van der Waals surface area contributed by atoms with Gasteiger partial charge in [0.15, 0.2) is 0 Å². The number of carboxylic acids is 1. The molecule has 2 heterocycles. The number of carboxylic acid groups (broad SMARTS) is 1. The SMILES string of the molecule is O=C(O)c1ccc(CNCc2cc(Br)cc3c2OCC3)s1. The van der Waals surface area contributed by atoms with Crippen molar-refractivity contribution in [3.63, 3.8) is 0 Å². The predicted octanol–water partition coefficient (Wildman–Crippen LogP) is 3.43. The average Bonchev–Trinajstić information content (AvgIpc) is 3.06. The minimum atomic E-state index is -0.871. The summed E-state index contributed by atoms with van der Waals surface area (Å²) in [5.41, 5.74) is 2.37. The smallest absolute Gasteiger partial charge is 0.345 e. The molecule has 0 saturated carbocycles. The molecular formula is C15H14BrNO3S. The Labute approximate surface area is 134 Å². The van der Waals surface area contributed by atoms with Crippen LogP contribution in [0.25, 0.3) is 0 Å².